The second-order valence-corrected chi connectivity index (χ2v) is 7.71. The van der Waals surface area contributed by atoms with E-state index < -0.39 is 0 Å². The SMILES string of the molecule is CN=C(NCC(c1ccccc1)c1ccccc1)N1CCC(OCCCOC)CC1. The molecule has 0 radical (unpaired) electrons. The van der Waals surface area contributed by atoms with Crippen molar-refractivity contribution in [1.29, 1.82) is 0 Å². The molecule has 1 saturated heterocycles. The van der Waals surface area contributed by atoms with Gasteiger partial charge in [0.05, 0.1) is 6.10 Å². The van der Waals surface area contributed by atoms with Gasteiger partial charge in [-0.25, -0.2) is 0 Å². The normalized spacial score (nSPS) is 15.6. The Labute approximate surface area is 181 Å². The zero-order valence-corrected chi connectivity index (χ0v) is 18.3. The number of hydrogen-bond donors (Lipinski definition) is 1. The molecule has 0 aliphatic carbocycles. The summed E-state index contributed by atoms with van der Waals surface area (Å²) in [4.78, 5) is 6.91. The van der Waals surface area contributed by atoms with Crippen LogP contribution in [0, 0.1) is 0 Å². The lowest BCUT2D eigenvalue weighted by atomic mass is 9.91. The number of nitrogens with zero attached hydrogens (tertiary/aromatic N) is 2. The van der Waals surface area contributed by atoms with Gasteiger partial charge >= 0.3 is 0 Å². The number of methoxy groups -OCH3 is 1. The third-order valence-corrected chi connectivity index (χ3v) is 5.67. The molecule has 1 aliphatic rings. The van der Waals surface area contributed by atoms with Gasteiger partial charge in [-0.3, -0.25) is 4.99 Å². The van der Waals surface area contributed by atoms with Crippen LogP contribution in [0.25, 0.3) is 0 Å². The van der Waals surface area contributed by atoms with E-state index in [9.17, 15) is 0 Å². The summed E-state index contributed by atoms with van der Waals surface area (Å²) >= 11 is 0. The molecule has 0 spiro atoms. The zero-order chi connectivity index (χ0) is 21.0. The largest absolute Gasteiger partial charge is 0.385 e. The van der Waals surface area contributed by atoms with Gasteiger partial charge in [0.15, 0.2) is 5.96 Å². The topological polar surface area (TPSA) is 46.1 Å². The van der Waals surface area contributed by atoms with Gasteiger partial charge in [0.2, 0.25) is 0 Å². The van der Waals surface area contributed by atoms with Gasteiger partial charge in [0.25, 0.3) is 0 Å². The Bertz CT molecular complexity index is 704. The number of rotatable bonds is 9. The molecule has 1 heterocycles. The maximum Gasteiger partial charge on any atom is 0.193 e. The number of ether oxygens (including phenoxy) is 2. The molecule has 162 valence electrons. The van der Waals surface area contributed by atoms with Crippen molar-refractivity contribution in [3.8, 4) is 0 Å². The van der Waals surface area contributed by atoms with Crippen molar-refractivity contribution >= 4 is 5.96 Å². The van der Waals surface area contributed by atoms with Crippen molar-refractivity contribution in [2.75, 3.05) is 47.0 Å². The Kier molecular flexibility index (Phi) is 9.19. The average molecular weight is 410 g/mol. The molecule has 0 bridgehead atoms. The van der Waals surface area contributed by atoms with Crippen LogP contribution in [0.3, 0.4) is 0 Å². The van der Waals surface area contributed by atoms with Crippen molar-refractivity contribution in [3.63, 3.8) is 0 Å². The van der Waals surface area contributed by atoms with Crippen LogP contribution in [0.4, 0.5) is 0 Å². The number of hydrogen-bond acceptors (Lipinski definition) is 3. The van der Waals surface area contributed by atoms with Gasteiger partial charge in [0, 0.05) is 52.9 Å². The first-order valence-corrected chi connectivity index (χ1v) is 11.0. The van der Waals surface area contributed by atoms with Crippen molar-refractivity contribution in [3.05, 3.63) is 71.8 Å². The predicted molar refractivity (Wildman–Crippen MR) is 123 cm³/mol. The fourth-order valence-corrected chi connectivity index (χ4v) is 4.01. The molecule has 5 nitrogen and oxygen atoms in total. The van der Waals surface area contributed by atoms with E-state index in [0.717, 1.165) is 58.1 Å². The first kappa shape index (κ1) is 22.3. The maximum atomic E-state index is 5.99. The Hall–Kier alpha value is -2.37. The summed E-state index contributed by atoms with van der Waals surface area (Å²) in [6.07, 6.45) is 3.38. The van der Waals surface area contributed by atoms with Crippen LogP contribution < -0.4 is 5.32 Å². The summed E-state index contributed by atoms with van der Waals surface area (Å²) in [6, 6.07) is 21.4. The Morgan fingerprint density at radius 1 is 1.00 bits per heavy atom. The molecule has 3 rings (SSSR count). The molecule has 0 aromatic heterocycles. The molecule has 0 amide bonds. The third kappa shape index (κ3) is 6.57. The summed E-state index contributed by atoms with van der Waals surface area (Å²) in [6.45, 7) is 4.29. The molecule has 5 heteroatoms. The average Bonchev–Trinajstić information content (AvgIpc) is 2.81. The molecular formula is C25H35N3O2. The van der Waals surface area contributed by atoms with Crippen LogP contribution in [0.15, 0.2) is 65.7 Å². The highest BCUT2D eigenvalue weighted by molar-refractivity contribution is 5.80. The fraction of sp³-hybridized carbons (Fsp3) is 0.480. The van der Waals surface area contributed by atoms with E-state index in [1.807, 2.05) is 7.05 Å². The number of piperidine rings is 1. The molecule has 2 aromatic carbocycles. The number of benzene rings is 2. The van der Waals surface area contributed by atoms with Gasteiger partial charge in [-0.1, -0.05) is 60.7 Å². The Morgan fingerprint density at radius 3 is 2.13 bits per heavy atom. The first-order valence-electron chi connectivity index (χ1n) is 11.0. The van der Waals surface area contributed by atoms with E-state index in [1.165, 1.54) is 11.1 Å². The van der Waals surface area contributed by atoms with Crippen LogP contribution in [0.5, 0.6) is 0 Å². The van der Waals surface area contributed by atoms with E-state index in [1.54, 1.807) is 7.11 Å². The van der Waals surface area contributed by atoms with E-state index >= 15 is 0 Å². The molecule has 1 N–H and O–H groups in total. The molecule has 2 aromatic rings. The van der Waals surface area contributed by atoms with Crippen molar-refractivity contribution in [2.45, 2.75) is 31.3 Å². The lowest BCUT2D eigenvalue weighted by Crippen LogP contribution is -2.47. The van der Waals surface area contributed by atoms with Crippen LogP contribution >= 0.6 is 0 Å². The van der Waals surface area contributed by atoms with E-state index in [-0.39, 0.29) is 5.92 Å². The van der Waals surface area contributed by atoms with E-state index in [0.29, 0.717) is 6.10 Å². The molecule has 0 atom stereocenters. The summed E-state index contributed by atoms with van der Waals surface area (Å²) in [7, 11) is 3.60. The quantitative estimate of drug-likeness (QED) is 0.387. The minimum atomic E-state index is 0.283. The Morgan fingerprint density at radius 2 is 1.60 bits per heavy atom. The van der Waals surface area contributed by atoms with Gasteiger partial charge in [0.1, 0.15) is 0 Å². The highest BCUT2D eigenvalue weighted by Gasteiger charge is 2.23. The number of likely N-dealkylation sites (tertiary alicyclic amines) is 1. The summed E-state index contributed by atoms with van der Waals surface area (Å²) in [5.74, 6) is 1.26. The molecular weight excluding hydrogens is 374 g/mol. The summed E-state index contributed by atoms with van der Waals surface area (Å²) in [5.41, 5.74) is 2.63. The van der Waals surface area contributed by atoms with Gasteiger partial charge in [-0.15, -0.1) is 0 Å². The second kappa shape index (κ2) is 12.4. The predicted octanol–water partition coefficient (Wildman–Crippen LogP) is 3.91. The van der Waals surface area contributed by atoms with Crippen LogP contribution in [-0.2, 0) is 9.47 Å². The number of nitrogens with one attached hydrogen (secondary N) is 1. The molecule has 0 saturated carbocycles. The summed E-state index contributed by atoms with van der Waals surface area (Å²) < 4.78 is 11.1. The highest BCUT2D eigenvalue weighted by Crippen LogP contribution is 2.24. The highest BCUT2D eigenvalue weighted by atomic mass is 16.5. The van der Waals surface area contributed by atoms with Crippen molar-refractivity contribution < 1.29 is 9.47 Å². The minimum Gasteiger partial charge on any atom is -0.385 e. The van der Waals surface area contributed by atoms with E-state index in [4.69, 9.17) is 9.47 Å². The lowest BCUT2D eigenvalue weighted by molar-refractivity contribution is 0.00991. The zero-order valence-electron chi connectivity index (χ0n) is 18.3. The smallest absolute Gasteiger partial charge is 0.193 e. The van der Waals surface area contributed by atoms with Gasteiger partial charge in [-0.05, 0) is 30.4 Å². The minimum absolute atomic E-state index is 0.283. The Balaban J connectivity index is 1.55. The van der Waals surface area contributed by atoms with Gasteiger partial charge in [-0.2, -0.15) is 0 Å². The number of aliphatic imine (C=N–C) groups is 1. The third-order valence-electron chi connectivity index (χ3n) is 5.67. The standard InChI is InChI=1S/C25H35N3O2/c1-26-25(28-16-14-23(15-17-28)30-19-9-18-29-2)27-20-24(21-10-5-3-6-11-21)22-12-7-4-8-13-22/h3-8,10-13,23-24H,9,14-20H2,1-2H3,(H,26,27). The van der Waals surface area contributed by atoms with Crippen LogP contribution in [-0.4, -0.2) is 64.0 Å². The summed E-state index contributed by atoms with van der Waals surface area (Å²) in [5, 5.41) is 3.63. The van der Waals surface area contributed by atoms with E-state index in [2.05, 4.69) is 75.9 Å². The molecule has 0 unspecified atom stereocenters. The fourth-order valence-electron chi connectivity index (χ4n) is 4.01. The van der Waals surface area contributed by atoms with Crippen molar-refractivity contribution in [2.24, 2.45) is 4.99 Å². The van der Waals surface area contributed by atoms with Gasteiger partial charge < -0.3 is 19.7 Å². The number of guanidine groups is 1. The first-order chi connectivity index (χ1) is 14.8. The lowest BCUT2D eigenvalue weighted by Gasteiger charge is -2.34. The van der Waals surface area contributed by atoms with Crippen LogP contribution in [0.1, 0.15) is 36.3 Å². The molecule has 30 heavy (non-hydrogen) atoms. The molecule has 1 fully saturated rings. The van der Waals surface area contributed by atoms with Crippen molar-refractivity contribution in [1.82, 2.24) is 10.2 Å². The monoisotopic (exact) mass is 409 g/mol. The van der Waals surface area contributed by atoms with Crippen LogP contribution in [0.2, 0.25) is 0 Å². The second-order valence-electron chi connectivity index (χ2n) is 7.71. The molecule has 1 aliphatic heterocycles. The maximum absolute atomic E-state index is 5.99.